The van der Waals surface area contributed by atoms with E-state index >= 15 is 0 Å². The van der Waals surface area contributed by atoms with E-state index in [1.807, 2.05) is 6.92 Å². The van der Waals surface area contributed by atoms with Crippen molar-refractivity contribution in [3.05, 3.63) is 43.8 Å². The summed E-state index contributed by atoms with van der Waals surface area (Å²) in [4.78, 5) is 25.8. The Morgan fingerprint density at radius 2 is 2.12 bits per heavy atom. The molecule has 0 aliphatic carbocycles. The molecule has 0 spiro atoms. The van der Waals surface area contributed by atoms with E-state index in [-0.39, 0.29) is 11.5 Å². The van der Waals surface area contributed by atoms with Crippen molar-refractivity contribution in [2.75, 3.05) is 0 Å². The molecule has 0 atom stereocenters. The molecule has 0 aromatic carbocycles. The van der Waals surface area contributed by atoms with Crippen LogP contribution in [0.3, 0.4) is 0 Å². The molecule has 2 heterocycles. The number of carbonyl (C=O) groups excluding carboxylic acids is 1. The minimum Gasteiger partial charge on any atom is -0.477 e. The first-order chi connectivity index (χ1) is 7.99. The second-order valence-electron chi connectivity index (χ2n) is 3.50. The highest BCUT2D eigenvalue weighted by molar-refractivity contribution is 9.11. The highest BCUT2D eigenvalue weighted by atomic mass is 79.9. The first kappa shape index (κ1) is 12.1. The number of carboxylic acid groups (broad SMARTS) is 1. The van der Waals surface area contributed by atoms with Gasteiger partial charge in [-0.3, -0.25) is 4.79 Å². The Balaban J connectivity index is 2.33. The molecule has 0 saturated heterocycles. The monoisotopic (exact) mass is 313 g/mol. The maximum atomic E-state index is 12.0. The lowest BCUT2D eigenvalue weighted by Crippen LogP contribution is -1.97. The fraction of sp³-hybridized carbons (Fsp3) is 0.0909. The molecule has 17 heavy (non-hydrogen) atoms. The molecule has 0 fully saturated rings. The van der Waals surface area contributed by atoms with Gasteiger partial charge in [-0.05, 0) is 40.5 Å². The van der Waals surface area contributed by atoms with Crippen LogP contribution in [0.15, 0.2) is 22.1 Å². The van der Waals surface area contributed by atoms with Crippen LogP contribution in [0, 0.1) is 6.92 Å². The van der Waals surface area contributed by atoms with Crippen molar-refractivity contribution in [3.63, 3.8) is 0 Å². The van der Waals surface area contributed by atoms with Crippen molar-refractivity contribution in [2.45, 2.75) is 6.92 Å². The summed E-state index contributed by atoms with van der Waals surface area (Å²) in [7, 11) is 0. The lowest BCUT2D eigenvalue weighted by Gasteiger charge is -1.91. The first-order valence-electron chi connectivity index (χ1n) is 4.71. The normalized spacial score (nSPS) is 10.5. The zero-order valence-electron chi connectivity index (χ0n) is 8.78. The van der Waals surface area contributed by atoms with Gasteiger partial charge in [0, 0.05) is 11.8 Å². The molecular formula is C11H8BrNO3S. The number of carbonyl (C=O) groups is 2. The Bertz CT molecular complexity index is 580. The number of rotatable bonds is 3. The van der Waals surface area contributed by atoms with E-state index in [1.54, 1.807) is 6.07 Å². The Hall–Kier alpha value is -1.40. The van der Waals surface area contributed by atoms with E-state index in [1.165, 1.54) is 23.6 Å². The summed E-state index contributed by atoms with van der Waals surface area (Å²) >= 11 is 4.69. The van der Waals surface area contributed by atoms with Crippen molar-refractivity contribution < 1.29 is 14.7 Å². The summed E-state index contributed by atoms with van der Waals surface area (Å²) in [6.45, 7) is 1.90. The van der Waals surface area contributed by atoms with Crippen LogP contribution < -0.4 is 0 Å². The van der Waals surface area contributed by atoms with E-state index in [0.29, 0.717) is 10.4 Å². The quantitative estimate of drug-likeness (QED) is 0.855. The fourth-order valence-corrected chi connectivity index (χ4v) is 2.86. The van der Waals surface area contributed by atoms with Gasteiger partial charge in [0.15, 0.2) is 0 Å². The Labute approximate surface area is 109 Å². The molecule has 2 rings (SSSR count). The molecule has 2 aromatic rings. The second-order valence-corrected chi connectivity index (χ2v) is 5.87. The number of aromatic nitrogens is 1. The van der Waals surface area contributed by atoms with E-state index < -0.39 is 5.97 Å². The predicted molar refractivity (Wildman–Crippen MR) is 67.9 cm³/mol. The van der Waals surface area contributed by atoms with Gasteiger partial charge >= 0.3 is 5.97 Å². The standard InChI is InChI=1S/C11H8BrNO3S/c1-5-2-8(17-10(5)12)9(14)6-3-7(11(15)16)13-4-6/h2-4,13H,1H3,(H,15,16). The summed E-state index contributed by atoms with van der Waals surface area (Å²) in [5.41, 5.74) is 1.36. The third kappa shape index (κ3) is 2.32. The Kier molecular flexibility index (Phi) is 3.17. The largest absolute Gasteiger partial charge is 0.477 e. The van der Waals surface area contributed by atoms with Crippen molar-refractivity contribution >= 4 is 39.0 Å². The van der Waals surface area contributed by atoms with Gasteiger partial charge < -0.3 is 10.1 Å². The molecule has 0 radical (unpaired) electrons. The van der Waals surface area contributed by atoms with E-state index in [2.05, 4.69) is 20.9 Å². The van der Waals surface area contributed by atoms with E-state index in [0.717, 1.165) is 9.35 Å². The Morgan fingerprint density at radius 3 is 2.59 bits per heavy atom. The summed E-state index contributed by atoms with van der Waals surface area (Å²) in [6, 6.07) is 3.12. The van der Waals surface area contributed by atoms with Gasteiger partial charge in [-0.1, -0.05) is 0 Å². The SMILES string of the molecule is Cc1cc(C(=O)c2c[nH]c(C(=O)O)c2)sc1Br. The van der Waals surface area contributed by atoms with Crippen molar-refractivity contribution in [1.82, 2.24) is 4.98 Å². The van der Waals surface area contributed by atoms with Crippen molar-refractivity contribution in [3.8, 4) is 0 Å². The molecule has 2 aromatic heterocycles. The number of aromatic carboxylic acids is 1. The number of H-pyrrole nitrogens is 1. The molecule has 0 amide bonds. The van der Waals surface area contributed by atoms with Crippen LogP contribution >= 0.6 is 27.3 Å². The Morgan fingerprint density at radius 1 is 1.41 bits per heavy atom. The van der Waals surface area contributed by atoms with Gasteiger partial charge in [0.1, 0.15) is 5.69 Å². The third-order valence-electron chi connectivity index (χ3n) is 2.26. The zero-order valence-corrected chi connectivity index (χ0v) is 11.2. The second kappa shape index (κ2) is 4.46. The van der Waals surface area contributed by atoms with Crippen LogP contribution in [-0.4, -0.2) is 21.8 Å². The minimum absolute atomic E-state index is 0.0145. The molecule has 88 valence electrons. The molecule has 0 bridgehead atoms. The van der Waals surface area contributed by atoms with Gasteiger partial charge in [-0.2, -0.15) is 0 Å². The van der Waals surface area contributed by atoms with Crippen LogP contribution in [0.5, 0.6) is 0 Å². The van der Waals surface area contributed by atoms with Crippen LogP contribution in [0.2, 0.25) is 0 Å². The van der Waals surface area contributed by atoms with Crippen LogP contribution in [0.25, 0.3) is 0 Å². The van der Waals surface area contributed by atoms with Gasteiger partial charge in [0.25, 0.3) is 0 Å². The van der Waals surface area contributed by atoms with Gasteiger partial charge in [0.2, 0.25) is 5.78 Å². The zero-order chi connectivity index (χ0) is 12.6. The summed E-state index contributed by atoms with van der Waals surface area (Å²) in [5.74, 6) is -1.25. The van der Waals surface area contributed by atoms with Crippen molar-refractivity contribution in [1.29, 1.82) is 0 Å². The predicted octanol–water partition coefficient (Wildman–Crippen LogP) is 3.08. The molecule has 0 unspecified atom stereocenters. The van der Waals surface area contributed by atoms with E-state index in [4.69, 9.17) is 5.11 Å². The van der Waals surface area contributed by atoms with Crippen LogP contribution in [0.4, 0.5) is 0 Å². The molecular weight excluding hydrogens is 306 g/mol. The topological polar surface area (TPSA) is 70.2 Å². The number of aryl methyl sites for hydroxylation is 1. The number of halogens is 1. The van der Waals surface area contributed by atoms with Gasteiger partial charge in [-0.15, -0.1) is 11.3 Å². The number of ketones is 1. The summed E-state index contributed by atoms with van der Waals surface area (Å²) < 4.78 is 0.912. The molecule has 4 nitrogen and oxygen atoms in total. The smallest absolute Gasteiger partial charge is 0.352 e. The van der Waals surface area contributed by atoms with Crippen molar-refractivity contribution in [2.24, 2.45) is 0 Å². The minimum atomic E-state index is -1.08. The number of carboxylic acids is 1. The highest BCUT2D eigenvalue weighted by Crippen LogP contribution is 2.29. The summed E-state index contributed by atoms with van der Waals surface area (Å²) in [6.07, 6.45) is 1.41. The number of aromatic amines is 1. The number of hydrogen-bond donors (Lipinski definition) is 2. The van der Waals surface area contributed by atoms with E-state index in [9.17, 15) is 9.59 Å². The van der Waals surface area contributed by atoms with Gasteiger partial charge in [-0.25, -0.2) is 4.79 Å². The average Bonchev–Trinajstić information content (AvgIpc) is 2.86. The molecule has 0 aliphatic heterocycles. The number of hydrogen-bond acceptors (Lipinski definition) is 3. The van der Waals surface area contributed by atoms with Crippen LogP contribution in [0.1, 0.15) is 31.3 Å². The average molecular weight is 314 g/mol. The lowest BCUT2D eigenvalue weighted by atomic mass is 10.1. The first-order valence-corrected chi connectivity index (χ1v) is 6.32. The summed E-state index contributed by atoms with van der Waals surface area (Å²) in [5, 5.41) is 8.75. The number of thiophene rings is 1. The van der Waals surface area contributed by atoms with Crippen LogP contribution in [-0.2, 0) is 0 Å². The number of nitrogens with one attached hydrogen (secondary N) is 1. The fourth-order valence-electron chi connectivity index (χ4n) is 1.36. The maximum absolute atomic E-state index is 12.0. The molecule has 2 N–H and O–H groups in total. The molecule has 0 saturated carbocycles. The third-order valence-corrected chi connectivity index (χ3v) is 4.39. The lowest BCUT2D eigenvalue weighted by molar-refractivity contribution is 0.0691. The molecule has 0 aliphatic rings. The highest BCUT2D eigenvalue weighted by Gasteiger charge is 2.16. The molecule has 6 heteroatoms. The van der Waals surface area contributed by atoms with Gasteiger partial charge in [0.05, 0.1) is 8.66 Å². The maximum Gasteiger partial charge on any atom is 0.352 e.